The van der Waals surface area contributed by atoms with Gasteiger partial charge in [-0.25, -0.2) is 9.59 Å². The molecule has 0 aromatic heterocycles. The highest BCUT2D eigenvalue weighted by atomic mass is 79.9. The summed E-state index contributed by atoms with van der Waals surface area (Å²) in [6, 6.07) is -0.813. The number of nitrogens with one attached hydrogen (secondary N) is 1. The molecule has 17 heavy (non-hydrogen) atoms. The molecule has 0 heterocycles. The van der Waals surface area contributed by atoms with Gasteiger partial charge in [0.25, 0.3) is 0 Å². The minimum absolute atomic E-state index is 0.0355. The molecule has 0 radical (unpaired) electrons. The number of methoxy groups -OCH3 is 2. The maximum Gasteiger partial charge on any atom is 0.407 e. The monoisotopic (exact) mass is 309 g/mol. The van der Waals surface area contributed by atoms with Gasteiger partial charge in [0.2, 0.25) is 0 Å². The number of alkyl halides is 1. The maximum atomic E-state index is 11.4. The number of halogens is 1. The van der Waals surface area contributed by atoms with Crippen molar-refractivity contribution in [3.8, 4) is 0 Å². The Morgan fingerprint density at radius 1 is 1.18 bits per heavy atom. The van der Waals surface area contributed by atoms with Gasteiger partial charge in [-0.2, -0.15) is 0 Å². The van der Waals surface area contributed by atoms with E-state index in [-0.39, 0.29) is 17.0 Å². The molecule has 0 aromatic carbocycles. The summed E-state index contributed by atoms with van der Waals surface area (Å²) in [4.78, 5) is 33.0. The molecule has 0 bridgehead atoms. The smallest absolute Gasteiger partial charge is 0.407 e. The SMILES string of the molecule is COC(=O)NC(CCC(Br)C(C)=O)C(=O)OC. The van der Waals surface area contributed by atoms with Crippen LogP contribution in [0.4, 0.5) is 4.79 Å². The molecule has 1 amide bonds. The summed E-state index contributed by atoms with van der Waals surface area (Å²) in [5.74, 6) is -0.606. The minimum Gasteiger partial charge on any atom is -0.467 e. The van der Waals surface area contributed by atoms with Crippen LogP contribution in [0.5, 0.6) is 0 Å². The predicted octanol–water partition coefficient (Wildman–Crippen LogP) is 1.02. The Bertz CT molecular complexity index is 294. The predicted molar refractivity (Wildman–Crippen MR) is 64.0 cm³/mol. The van der Waals surface area contributed by atoms with Gasteiger partial charge in [0.1, 0.15) is 11.8 Å². The molecular formula is C10H16BrNO5. The van der Waals surface area contributed by atoms with Gasteiger partial charge in [-0.1, -0.05) is 15.9 Å². The molecule has 2 atom stereocenters. The highest BCUT2D eigenvalue weighted by Gasteiger charge is 2.23. The lowest BCUT2D eigenvalue weighted by atomic mass is 10.1. The fourth-order valence-corrected chi connectivity index (χ4v) is 1.37. The summed E-state index contributed by atoms with van der Waals surface area (Å²) in [5, 5.41) is 2.34. The molecular weight excluding hydrogens is 294 g/mol. The number of ketones is 1. The number of carbonyl (C=O) groups is 3. The molecule has 6 nitrogen and oxygen atoms in total. The average Bonchev–Trinajstić information content (AvgIpc) is 2.32. The summed E-state index contributed by atoms with van der Waals surface area (Å²) < 4.78 is 8.93. The van der Waals surface area contributed by atoms with E-state index in [4.69, 9.17) is 0 Å². The van der Waals surface area contributed by atoms with Crippen LogP contribution in [-0.2, 0) is 19.1 Å². The van der Waals surface area contributed by atoms with Gasteiger partial charge in [0.15, 0.2) is 0 Å². The molecule has 1 N–H and O–H groups in total. The van der Waals surface area contributed by atoms with Crippen molar-refractivity contribution in [2.24, 2.45) is 0 Å². The largest absolute Gasteiger partial charge is 0.467 e. The van der Waals surface area contributed by atoms with Crippen LogP contribution >= 0.6 is 15.9 Å². The number of hydrogen-bond acceptors (Lipinski definition) is 5. The molecule has 0 aliphatic heterocycles. The van der Waals surface area contributed by atoms with Crippen LogP contribution in [0, 0.1) is 0 Å². The average molecular weight is 310 g/mol. The molecule has 0 spiro atoms. The second-order valence-corrected chi connectivity index (χ2v) is 4.47. The Hall–Kier alpha value is -1.11. The number of esters is 1. The number of ether oxygens (including phenoxy) is 2. The summed E-state index contributed by atoms with van der Waals surface area (Å²) in [7, 11) is 2.43. The van der Waals surface area contributed by atoms with E-state index in [1.54, 1.807) is 0 Å². The zero-order chi connectivity index (χ0) is 13.4. The van der Waals surface area contributed by atoms with Crippen LogP contribution in [0.15, 0.2) is 0 Å². The van der Waals surface area contributed by atoms with E-state index in [2.05, 4.69) is 30.7 Å². The normalized spacial score (nSPS) is 13.4. The highest BCUT2D eigenvalue weighted by molar-refractivity contribution is 9.10. The fourth-order valence-electron chi connectivity index (χ4n) is 1.11. The topological polar surface area (TPSA) is 81.7 Å². The van der Waals surface area contributed by atoms with Crippen molar-refractivity contribution >= 4 is 33.8 Å². The molecule has 0 fully saturated rings. The van der Waals surface area contributed by atoms with Gasteiger partial charge in [-0.05, 0) is 19.8 Å². The van der Waals surface area contributed by atoms with E-state index in [1.807, 2.05) is 0 Å². The van der Waals surface area contributed by atoms with Crippen molar-refractivity contribution in [3.05, 3.63) is 0 Å². The van der Waals surface area contributed by atoms with Crippen LogP contribution < -0.4 is 5.32 Å². The lowest BCUT2D eigenvalue weighted by Gasteiger charge is -2.16. The summed E-state index contributed by atoms with van der Waals surface area (Å²) in [6.07, 6.45) is -0.00884. The first-order valence-corrected chi connectivity index (χ1v) is 5.90. The van der Waals surface area contributed by atoms with Crippen LogP contribution in [0.3, 0.4) is 0 Å². The Morgan fingerprint density at radius 3 is 2.18 bits per heavy atom. The molecule has 0 aliphatic rings. The van der Waals surface area contributed by atoms with Crippen LogP contribution in [0.25, 0.3) is 0 Å². The maximum absolute atomic E-state index is 11.4. The van der Waals surface area contributed by atoms with Gasteiger partial charge in [0.05, 0.1) is 19.0 Å². The third kappa shape index (κ3) is 6.25. The fraction of sp³-hybridized carbons (Fsp3) is 0.700. The van der Waals surface area contributed by atoms with Crippen LogP contribution in [-0.4, -0.2) is 42.9 Å². The van der Waals surface area contributed by atoms with E-state index >= 15 is 0 Å². The molecule has 2 unspecified atom stereocenters. The quantitative estimate of drug-likeness (QED) is 0.585. The Kier molecular flexibility index (Phi) is 7.53. The highest BCUT2D eigenvalue weighted by Crippen LogP contribution is 2.12. The van der Waals surface area contributed by atoms with Crippen LogP contribution in [0.1, 0.15) is 19.8 Å². The lowest BCUT2D eigenvalue weighted by molar-refractivity contribution is -0.143. The minimum atomic E-state index is -0.813. The lowest BCUT2D eigenvalue weighted by Crippen LogP contribution is -2.41. The summed E-state index contributed by atoms with van der Waals surface area (Å²) in [5.41, 5.74) is 0. The van der Waals surface area contributed by atoms with E-state index < -0.39 is 18.1 Å². The van der Waals surface area contributed by atoms with Crippen molar-refractivity contribution < 1.29 is 23.9 Å². The van der Waals surface area contributed by atoms with Crippen molar-refractivity contribution in [2.45, 2.75) is 30.6 Å². The molecule has 0 saturated carbocycles. The summed E-state index contributed by atoms with van der Waals surface area (Å²) >= 11 is 3.18. The first-order valence-electron chi connectivity index (χ1n) is 4.99. The van der Waals surface area contributed by atoms with Gasteiger partial charge in [-0.3, -0.25) is 4.79 Å². The summed E-state index contributed by atoms with van der Waals surface area (Å²) in [6.45, 7) is 1.44. The van der Waals surface area contributed by atoms with Gasteiger partial charge in [0, 0.05) is 0 Å². The van der Waals surface area contributed by atoms with E-state index in [1.165, 1.54) is 21.1 Å². The van der Waals surface area contributed by atoms with Crippen molar-refractivity contribution in [1.29, 1.82) is 0 Å². The van der Waals surface area contributed by atoms with Crippen molar-refractivity contribution in [2.75, 3.05) is 14.2 Å². The van der Waals surface area contributed by atoms with Gasteiger partial charge >= 0.3 is 12.1 Å². The third-order valence-electron chi connectivity index (χ3n) is 2.11. The Balaban J connectivity index is 4.34. The Labute approximate surface area is 108 Å². The molecule has 0 aliphatic carbocycles. The second-order valence-electron chi connectivity index (χ2n) is 3.37. The van der Waals surface area contributed by atoms with Crippen LogP contribution in [0.2, 0.25) is 0 Å². The molecule has 98 valence electrons. The number of hydrogen-bond donors (Lipinski definition) is 1. The third-order valence-corrected chi connectivity index (χ3v) is 3.22. The second kappa shape index (κ2) is 8.05. The molecule has 0 aromatic rings. The molecule has 7 heteroatoms. The zero-order valence-electron chi connectivity index (χ0n) is 9.99. The number of amides is 1. The first kappa shape index (κ1) is 15.9. The number of rotatable bonds is 6. The number of carbonyl (C=O) groups excluding carboxylic acids is 3. The van der Waals surface area contributed by atoms with E-state index in [0.29, 0.717) is 6.42 Å². The molecule has 0 saturated heterocycles. The van der Waals surface area contributed by atoms with Gasteiger partial charge in [-0.15, -0.1) is 0 Å². The molecule has 0 rings (SSSR count). The Morgan fingerprint density at radius 2 is 1.76 bits per heavy atom. The first-order chi connectivity index (χ1) is 7.92. The van der Waals surface area contributed by atoms with Crippen molar-refractivity contribution in [3.63, 3.8) is 0 Å². The standard InChI is InChI=1S/C10H16BrNO5/c1-6(13)7(11)4-5-8(9(14)16-2)12-10(15)17-3/h7-8H,4-5H2,1-3H3,(H,12,15). The number of Topliss-reactive ketones (excluding diaryl/α,β-unsaturated/α-hetero) is 1. The van der Waals surface area contributed by atoms with Crippen molar-refractivity contribution in [1.82, 2.24) is 5.32 Å². The van der Waals surface area contributed by atoms with E-state index in [0.717, 1.165) is 0 Å². The number of alkyl carbamates (subject to hydrolysis) is 1. The van der Waals surface area contributed by atoms with E-state index in [9.17, 15) is 14.4 Å². The van der Waals surface area contributed by atoms with Gasteiger partial charge < -0.3 is 14.8 Å². The zero-order valence-corrected chi connectivity index (χ0v) is 11.6.